The Morgan fingerprint density at radius 2 is 2.09 bits per heavy atom. The van der Waals surface area contributed by atoms with Crippen LogP contribution in [0.15, 0.2) is 28.7 Å². The van der Waals surface area contributed by atoms with Crippen molar-refractivity contribution in [2.45, 2.75) is 46.2 Å². The maximum atomic E-state index is 13.0. The first-order chi connectivity index (χ1) is 10.5. The highest BCUT2D eigenvalue weighted by Crippen LogP contribution is 2.23. The Kier molecular flexibility index (Phi) is 8.59. The lowest BCUT2D eigenvalue weighted by Crippen LogP contribution is -2.45. The SMILES string of the molecule is CC(C)CN(Cc1ccccc1Br)C(=O)[C@H]1CCN[C@@H](C)C1.Cl. The fourth-order valence-corrected chi connectivity index (χ4v) is 3.53. The van der Waals surface area contributed by atoms with Crippen molar-refractivity contribution in [3.63, 3.8) is 0 Å². The Hall–Kier alpha value is -0.580. The van der Waals surface area contributed by atoms with Crippen LogP contribution >= 0.6 is 28.3 Å². The molecule has 0 spiro atoms. The standard InChI is InChI=1S/C18H27BrN2O.ClH/c1-13(2)11-21(12-16-6-4-5-7-17(16)19)18(22)15-8-9-20-14(3)10-15;/h4-7,13-15,20H,8-12H2,1-3H3;1H/t14-,15-;/m0./s1. The Balaban J connectivity index is 0.00000264. The minimum atomic E-state index is 0. The number of hydrogen-bond donors (Lipinski definition) is 1. The summed E-state index contributed by atoms with van der Waals surface area (Å²) in [7, 11) is 0. The molecule has 3 nitrogen and oxygen atoms in total. The number of rotatable bonds is 5. The Bertz CT molecular complexity index is 510. The normalized spacial score (nSPS) is 20.9. The lowest BCUT2D eigenvalue weighted by atomic mass is 9.91. The molecule has 0 radical (unpaired) electrons. The van der Waals surface area contributed by atoms with Gasteiger partial charge >= 0.3 is 0 Å². The zero-order chi connectivity index (χ0) is 16.1. The maximum absolute atomic E-state index is 13.0. The maximum Gasteiger partial charge on any atom is 0.226 e. The van der Waals surface area contributed by atoms with Crippen molar-refractivity contribution < 1.29 is 4.79 Å². The summed E-state index contributed by atoms with van der Waals surface area (Å²) in [4.78, 5) is 15.0. The molecule has 23 heavy (non-hydrogen) atoms. The van der Waals surface area contributed by atoms with Gasteiger partial charge in [0.05, 0.1) is 0 Å². The highest BCUT2D eigenvalue weighted by Gasteiger charge is 2.29. The van der Waals surface area contributed by atoms with Crippen LogP contribution in [0.4, 0.5) is 0 Å². The summed E-state index contributed by atoms with van der Waals surface area (Å²) in [6.45, 7) is 8.97. The third-order valence-electron chi connectivity index (χ3n) is 4.19. The Morgan fingerprint density at radius 1 is 1.39 bits per heavy atom. The Labute approximate surface area is 154 Å². The van der Waals surface area contributed by atoms with Crippen molar-refractivity contribution in [1.29, 1.82) is 0 Å². The zero-order valence-corrected chi connectivity index (χ0v) is 16.6. The molecule has 0 aliphatic carbocycles. The predicted molar refractivity (Wildman–Crippen MR) is 102 cm³/mol. The fraction of sp³-hybridized carbons (Fsp3) is 0.611. The van der Waals surface area contributed by atoms with Gasteiger partial charge in [-0.05, 0) is 43.9 Å². The van der Waals surface area contributed by atoms with E-state index in [1.807, 2.05) is 23.1 Å². The van der Waals surface area contributed by atoms with Crippen molar-refractivity contribution in [1.82, 2.24) is 10.2 Å². The fourth-order valence-electron chi connectivity index (χ4n) is 3.12. The number of benzene rings is 1. The number of halogens is 2. The minimum absolute atomic E-state index is 0. The largest absolute Gasteiger partial charge is 0.338 e. The van der Waals surface area contributed by atoms with E-state index in [2.05, 4.69) is 48.1 Å². The van der Waals surface area contributed by atoms with E-state index in [-0.39, 0.29) is 18.3 Å². The third kappa shape index (κ3) is 6.09. The molecule has 0 saturated carbocycles. The molecule has 1 aromatic rings. The third-order valence-corrected chi connectivity index (χ3v) is 4.96. The van der Waals surface area contributed by atoms with Crippen LogP contribution in [0.3, 0.4) is 0 Å². The number of piperidine rings is 1. The van der Waals surface area contributed by atoms with Gasteiger partial charge < -0.3 is 10.2 Å². The van der Waals surface area contributed by atoms with Crippen molar-refractivity contribution in [3.05, 3.63) is 34.3 Å². The van der Waals surface area contributed by atoms with Gasteiger partial charge in [0.2, 0.25) is 5.91 Å². The number of carbonyl (C=O) groups excluding carboxylic acids is 1. The van der Waals surface area contributed by atoms with E-state index in [1.165, 1.54) is 5.56 Å². The van der Waals surface area contributed by atoms with Gasteiger partial charge in [-0.3, -0.25) is 4.79 Å². The van der Waals surface area contributed by atoms with Crippen molar-refractivity contribution in [2.75, 3.05) is 13.1 Å². The van der Waals surface area contributed by atoms with Crippen LogP contribution in [-0.4, -0.2) is 29.9 Å². The van der Waals surface area contributed by atoms with E-state index in [1.54, 1.807) is 0 Å². The summed E-state index contributed by atoms with van der Waals surface area (Å²) in [5.41, 5.74) is 1.18. The molecule has 0 bridgehead atoms. The molecule has 5 heteroatoms. The molecule has 1 heterocycles. The summed E-state index contributed by atoms with van der Waals surface area (Å²) < 4.78 is 1.08. The molecule has 2 rings (SSSR count). The number of hydrogen-bond acceptors (Lipinski definition) is 2. The molecule has 1 aromatic carbocycles. The van der Waals surface area contributed by atoms with Gasteiger partial charge in [-0.1, -0.05) is 48.0 Å². The number of carbonyl (C=O) groups is 1. The molecule has 0 aromatic heterocycles. The topological polar surface area (TPSA) is 32.3 Å². The number of nitrogens with one attached hydrogen (secondary N) is 1. The lowest BCUT2D eigenvalue weighted by molar-refractivity contribution is -0.138. The highest BCUT2D eigenvalue weighted by molar-refractivity contribution is 9.10. The van der Waals surface area contributed by atoms with Crippen LogP contribution in [0.2, 0.25) is 0 Å². The number of nitrogens with zero attached hydrogens (tertiary/aromatic N) is 1. The molecule has 1 aliphatic heterocycles. The molecule has 2 atom stereocenters. The molecule has 1 saturated heterocycles. The summed E-state index contributed by atoms with van der Waals surface area (Å²) >= 11 is 3.60. The molecule has 1 amide bonds. The second kappa shape index (κ2) is 9.65. The van der Waals surface area contributed by atoms with E-state index >= 15 is 0 Å². The highest BCUT2D eigenvalue weighted by atomic mass is 79.9. The summed E-state index contributed by atoms with van der Waals surface area (Å²) in [5, 5.41) is 3.43. The number of amides is 1. The zero-order valence-electron chi connectivity index (χ0n) is 14.2. The van der Waals surface area contributed by atoms with Crippen LogP contribution in [0.1, 0.15) is 39.2 Å². The first kappa shape index (κ1) is 20.5. The van der Waals surface area contributed by atoms with Gasteiger partial charge in [-0.25, -0.2) is 0 Å². The molecular weight excluding hydrogens is 376 g/mol. The molecule has 1 aliphatic rings. The molecule has 1 N–H and O–H groups in total. The minimum Gasteiger partial charge on any atom is -0.338 e. The first-order valence-electron chi connectivity index (χ1n) is 8.23. The van der Waals surface area contributed by atoms with Crippen LogP contribution in [0, 0.1) is 11.8 Å². The van der Waals surface area contributed by atoms with E-state index < -0.39 is 0 Å². The van der Waals surface area contributed by atoms with Gasteiger partial charge in [-0.2, -0.15) is 0 Å². The quantitative estimate of drug-likeness (QED) is 0.797. The van der Waals surface area contributed by atoms with Gasteiger partial charge in [-0.15, -0.1) is 12.4 Å². The van der Waals surface area contributed by atoms with E-state index in [0.29, 0.717) is 24.4 Å². The van der Waals surface area contributed by atoms with Gasteiger partial charge in [0, 0.05) is 29.5 Å². The monoisotopic (exact) mass is 402 g/mol. The van der Waals surface area contributed by atoms with Crippen LogP contribution in [-0.2, 0) is 11.3 Å². The van der Waals surface area contributed by atoms with Crippen molar-refractivity contribution in [2.24, 2.45) is 11.8 Å². The summed E-state index contributed by atoms with van der Waals surface area (Å²) in [6.07, 6.45) is 1.90. The second-order valence-electron chi connectivity index (χ2n) is 6.78. The molecule has 0 unspecified atom stereocenters. The van der Waals surface area contributed by atoms with Crippen molar-refractivity contribution in [3.8, 4) is 0 Å². The lowest BCUT2D eigenvalue weighted by Gasteiger charge is -2.33. The Morgan fingerprint density at radius 3 is 2.70 bits per heavy atom. The summed E-state index contributed by atoms with van der Waals surface area (Å²) in [6, 6.07) is 8.61. The molecule has 130 valence electrons. The van der Waals surface area contributed by atoms with Crippen molar-refractivity contribution >= 4 is 34.2 Å². The summed E-state index contributed by atoms with van der Waals surface area (Å²) in [5.74, 6) is 0.959. The average Bonchev–Trinajstić information content (AvgIpc) is 2.47. The molecular formula is C18H28BrClN2O. The van der Waals surface area contributed by atoms with E-state index in [4.69, 9.17) is 0 Å². The van der Waals surface area contributed by atoms with Gasteiger partial charge in [0.25, 0.3) is 0 Å². The predicted octanol–water partition coefficient (Wildman–Crippen LogP) is 4.24. The van der Waals surface area contributed by atoms with Gasteiger partial charge in [0.1, 0.15) is 0 Å². The van der Waals surface area contributed by atoms with Crippen LogP contribution < -0.4 is 5.32 Å². The van der Waals surface area contributed by atoms with E-state index in [0.717, 1.165) is 30.4 Å². The molecule has 1 fully saturated rings. The second-order valence-corrected chi connectivity index (χ2v) is 7.63. The van der Waals surface area contributed by atoms with Gasteiger partial charge in [0.15, 0.2) is 0 Å². The van der Waals surface area contributed by atoms with Crippen LogP contribution in [0.25, 0.3) is 0 Å². The first-order valence-corrected chi connectivity index (χ1v) is 9.02. The average molecular weight is 404 g/mol. The smallest absolute Gasteiger partial charge is 0.226 e. The van der Waals surface area contributed by atoms with Crippen LogP contribution in [0.5, 0.6) is 0 Å². The van der Waals surface area contributed by atoms with E-state index in [9.17, 15) is 4.79 Å².